The second kappa shape index (κ2) is 6.36. The van der Waals surface area contributed by atoms with Gasteiger partial charge in [0, 0.05) is 12.6 Å². The summed E-state index contributed by atoms with van der Waals surface area (Å²) in [6.07, 6.45) is 7.91. The van der Waals surface area contributed by atoms with E-state index in [-0.39, 0.29) is 17.9 Å². The topological polar surface area (TPSA) is 64.3 Å². The highest BCUT2D eigenvalue weighted by Crippen LogP contribution is 2.28. The molecule has 2 fully saturated rings. The van der Waals surface area contributed by atoms with E-state index in [9.17, 15) is 4.79 Å². The van der Waals surface area contributed by atoms with Crippen molar-refractivity contribution in [2.24, 2.45) is 17.6 Å². The Morgan fingerprint density at radius 1 is 1.29 bits per heavy atom. The van der Waals surface area contributed by atoms with Gasteiger partial charge in [0.1, 0.15) is 0 Å². The number of hydrogen-bond donors (Lipinski definition) is 2. The van der Waals surface area contributed by atoms with E-state index < -0.39 is 0 Å². The van der Waals surface area contributed by atoms with E-state index in [2.05, 4.69) is 5.32 Å². The molecule has 0 spiro atoms. The maximum Gasteiger partial charge on any atom is 0.227 e. The van der Waals surface area contributed by atoms with Crippen LogP contribution in [0, 0.1) is 11.8 Å². The molecule has 1 aliphatic carbocycles. The lowest BCUT2D eigenvalue weighted by Gasteiger charge is -2.14. The molecule has 4 heteroatoms. The Kier molecular flexibility index (Phi) is 4.80. The van der Waals surface area contributed by atoms with Gasteiger partial charge in [-0.15, -0.1) is 0 Å². The van der Waals surface area contributed by atoms with E-state index in [1.165, 1.54) is 32.1 Å². The molecule has 0 aromatic heterocycles. The van der Waals surface area contributed by atoms with Crippen LogP contribution < -0.4 is 11.1 Å². The average Bonchev–Trinajstić information content (AvgIpc) is 2.95. The predicted molar refractivity (Wildman–Crippen MR) is 66.5 cm³/mol. The lowest BCUT2D eigenvalue weighted by molar-refractivity contribution is -0.125. The highest BCUT2D eigenvalue weighted by Gasteiger charge is 2.30. The molecule has 1 heterocycles. The quantitative estimate of drug-likeness (QED) is 0.706. The van der Waals surface area contributed by atoms with E-state index in [1.54, 1.807) is 0 Å². The third-order valence-electron chi connectivity index (χ3n) is 4.02. The number of carbonyl (C=O) groups excluding carboxylic acids is 1. The summed E-state index contributed by atoms with van der Waals surface area (Å²) in [6.45, 7) is 1.79. The maximum absolute atomic E-state index is 11.8. The van der Waals surface area contributed by atoms with Crippen LogP contribution in [0.5, 0.6) is 0 Å². The van der Waals surface area contributed by atoms with Gasteiger partial charge >= 0.3 is 0 Å². The van der Waals surface area contributed by atoms with Gasteiger partial charge in [0.05, 0.1) is 19.1 Å². The molecule has 3 N–H and O–H groups in total. The van der Waals surface area contributed by atoms with Crippen LogP contribution in [0.4, 0.5) is 0 Å². The first-order valence-corrected chi connectivity index (χ1v) is 6.88. The maximum atomic E-state index is 11.8. The number of rotatable bonds is 5. The van der Waals surface area contributed by atoms with E-state index in [4.69, 9.17) is 10.5 Å². The second-order valence-electron chi connectivity index (χ2n) is 5.39. The predicted octanol–water partition coefficient (Wildman–Crippen LogP) is 1.05. The van der Waals surface area contributed by atoms with Crippen molar-refractivity contribution in [1.82, 2.24) is 5.32 Å². The monoisotopic (exact) mass is 240 g/mol. The molecule has 0 bridgehead atoms. The summed E-state index contributed by atoms with van der Waals surface area (Å²) < 4.78 is 5.19. The third kappa shape index (κ3) is 3.68. The average molecular weight is 240 g/mol. The number of nitrogens with one attached hydrogen (secondary N) is 1. The van der Waals surface area contributed by atoms with Gasteiger partial charge in [0.25, 0.3) is 0 Å². The molecule has 2 unspecified atom stereocenters. The van der Waals surface area contributed by atoms with Gasteiger partial charge in [0.15, 0.2) is 0 Å². The van der Waals surface area contributed by atoms with Gasteiger partial charge in [-0.2, -0.15) is 0 Å². The van der Waals surface area contributed by atoms with Crippen molar-refractivity contribution in [3.8, 4) is 0 Å². The molecular formula is C13H24N2O2. The summed E-state index contributed by atoms with van der Waals surface area (Å²) in [6, 6.07) is -0.121. The Morgan fingerprint density at radius 3 is 2.71 bits per heavy atom. The van der Waals surface area contributed by atoms with E-state index in [0.717, 1.165) is 18.9 Å². The zero-order valence-corrected chi connectivity index (χ0v) is 10.5. The molecule has 98 valence electrons. The van der Waals surface area contributed by atoms with Crippen LogP contribution in [0.1, 0.15) is 38.5 Å². The minimum atomic E-state index is -0.138. The normalized spacial score (nSPS) is 29.7. The molecule has 1 saturated heterocycles. The summed E-state index contributed by atoms with van der Waals surface area (Å²) >= 11 is 0. The fourth-order valence-corrected chi connectivity index (χ4v) is 2.87. The summed E-state index contributed by atoms with van der Waals surface area (Å²) in [4.78, 5) is 11.8. The molecule has 1 amide bonds. The first-order valence-electron chi connectivity index (χ1n) is 6.88. The molecule has 0 radical (unpaired) electrons. The highest BCUT2D eigenvalue weighted by molar-refractivity contribution is 5.79. The lowest BCUT2D eigenvalue weighted by atomic mass is 10.0. The number of nitrogens with two attached hydrogens (primary N) is 1. The minimum Gasteiger partial charge on any atom is -0.379 e. The molecule has 17 heavy (non-hydrogen) atoms. The Bertz CT molecular complexity index is 252. The van der Waals surface area contributed by atoms with Crippen LogP contribution in [-0.2, 0) is 9.53 Å². The van der Waals surface area contributed by atoms with Crippen molar-refractivity contribution >= 4 is 5.91 Å². The van der Waals surface area contributed by atoms with Crippen molar-refractivity contribution in [1.29, 1.82) is 0 Å². The summed E-state index contributed by atoms with van der Waals surface area (Å²) in [7, 11) is 0. The van der Waals surface area contributed by atoms with Gasteiger partial charge in [0.2, 0.25) is 5.91 Å². The fourth-order valence-electron chi connectivity index (χ4n) is 2.87. The molecule has 2 aliphatic rings. The summed E-state index contributed by atoms with van der Waals surface area (Å²) in [5.41, 5.74) is 5.80. The van der Waals surface area contributed by atoms with Crippen LogP contribution >= 0.6 is 0 Å². The van der Waals surface area contributed by atoms with Crippen molar-refractivity contribution in [2.75, 3.05) is 19.8 Å². The third-order valence-corrected chi connectivity index (χ3v) is 4.02. The lowest BCUT2D eigenvalue weighted by Crippen LogP contribution is -2.41. The van der Waals surface area contributed by atoms with Gasteiger partial charge in [-0.05, 0) is 18.8 Å². The first-order chi connectivity index (χ1) is 8.27. The van der Waals surface area contributed by atoms with Crippen molar-refractivity contribution in [3.63, 3.8) is 0 Å². The Balaban J connectivity index is 1.56. The smallest absolute Gasteiger partial charge is 0.227 e. The molecule has 4 nitrogen and oxygen atoms in total. The van der Waals surface area contributed by atoms with Crippen molar-refractivity contribution < 1.29 is 9.53 Å². The number of hydrogen-bond acceptors (Lipinski definition) is 3. The van der Waals surface area contributed by atoms with Gasteiger partial charge in [-0.1, -0.05) is 25.7 Å². The second-order valence-corrected chi connectivity index (χ2v) is 5.39. The minimum absolute atomic E-state index is 0.0708. The number of ether oxygens (including phenoxy) is 1. The Hall–Kier alpha value is -0.610. The first kappa shape index (κ1) is 12.8. The van der Waals surface area contributed by atoms with Crippen LogP contribution in [0.15, 0.2) is 0 Å². The largest absolute Gasteiger partial charge is 0.379 e. The molecule has 2 rings (SSSR count). The van der Waals surface area contributed by atoms with E-state index in [1.807, 2.05) is 0 Å². The van der Waals surface area contributed by atoms with Gasteiger partial charge in [-0.3, -0.25) is 4.79 Å². The molecular weight excluding hydrogens is 216 g/mol. The zero-order chi connectivity index (χ0) is 12.1. The zero-order valence-electron chi connectivity index (χ0n) is 10.5. The SMILES string of the molecule is NC1COCC1C(=O)NCCCC1CCCC1. The van der Waals surface area contributed by atoms with Crippen molar-refractivity contribution in [2.45, 2.75) is 44.6 Å². The summed E-state index contributed by atoms with van der Waals surface area (Å²) in [5.74, 6) is 0.840. The summed E-state index contributed by atoms with van der Waals surface area (Å²) in [5, 5.41) is 2.98. The molecule has 0 aromatic rings. The Labute approximate surface area is 103 Å². The van der Waals surface area contributed by atoms with E-state index in [0.29, 0.717) is 13.2 Å². The van der Waals surface area contributed by atoms with Crippen molar-refractivity contribution in [3.05, 3.63) is 0 Å². The molecule has 2 atom stereocenters. The molecule has 1 saturated carbocycles. The van der Waals surface area contributed by atoms with Crippen LogP contribution in [0.2, 0.25) is 0 Å². The van der Waals surface area contributed by atoms with Crippen LogP contribution in [-0.4, -0.2) is 31.7 Å². The number of carbonyl (C=O) groups is 1. The fraction of sp³-hybridized carbons (Fsp3) is 0.923. The van der Waals surface area contributed by atoms with Crippen LogP contribution in [0.3, 0.4) is 0 Å². The molecule has 1 aliphatic heterocycles. The van der Waals surface area contributed by atoms with Gasteiger partial charge < -0.3 is 15.8 Å². The van der Waals surface area contributed by atoms with E-state index >= 15 is 0 Å². The standard InChI is InChI=1S/C13H24N2O2/c14-12-9-17-8-11(12)13(16)15-7-3-6-10-4-1-2-5-10/h10-12H,1-9,14H2,(H,15,16). The van der Waals surface area contributed by atoms with Gasteiger partial charge in [-0.25, -0.2) is 0 Å². The molecule has 0 aromatic carbocycles. The number of amides is 1. The van der Waals surface area contributed by atoms with Crippen LogP contribution in [0.25, 0.3) is 0 Å². The highest BCUT2D eigenvalue weighted by atomic mass is 16.5. The Morgan fingerprint density at radius 2 is 2.06 bits per heavy atom.